The number of aryl methyl sites for hydroxylation is 2. The molecule has 0 radical (unpaired) electrons. The molecule has 32 heavy (non-hydrogen) atoms. The first-order valence-electron chi connectivity index (χ1n) is 10.1. The molecule has 2 aromatic carbocycles. The number of benzene rings is 2. The number of rotatable bonds is 5. The zero-order valence-corrected chi connectivity index (χ0v) is 18.5. The first kappa shape index (κ1) is 23.0. The van der Waals surface area contributed by atoms with Crippen LogP contribution in [0.25, 0.3) is 0 Å². The number of hydrogen-bond acceptors (Lipinski definition) is 5. The lowest BCUT2D eigenvalue weighted by Crippen LogP contribution is -2.58. The summed E-state index contributed by atoms with van der Waals surface area (Å²) in [5.41, 5.74) is 3.82. The summed E-state index contributed by atoms with van der Waals surface area (Å²) >= 11 is 0. The van der Waals surface area contributed by atoms with Crippen LogP contribution in [0.15, 0.2) is 48.5 Å². The van der Waals surface area contributed by atoms with Crippen LogP contribution in [0.1, 0.15) is 25.0 Å². The minimum Gasteiger partial charge on any atom is -0.306 e. The molecule has 0 aliphatic carbocycles. The maximum atomic E-state index is 13.4. The number of hydrogen-bond donors (Lipinski definition) is 4. The third kappa shape index (κ3) is 4.36. The van der Waals surface area contributed by atoms with Gasteiger partial charge in [-0.3, -0.25) is 20.3 Å². The van der Waals surface area contributed by atoms with Gasteiger partial charge >= 0.3 is 12.1 Å². The zero-order valence-electron chi connectivity index (χ0n) is 18.5. The third-order valence-corrected chi connectivity index (χ3v) is 5.53. The molecule has 1 aliphatic rings. The second-order valence-corrected chi connectivity index (χ2v) is 8.31. The second kappa shape index (κ2) is 8.85. The Morgan fingerprint density at radius 2 is 1.59 bits per heavy atom. The monoisotopic (exact) mass is 440 g/mol. The highest BCUT2D eigenvalue weighted by Gasteiger charge is 2.56. The molecular weight excluding hydrogens is 412 g/mol. The molecule has 1 atom stereocenters. The van der Waals surface area contributed by atoms with Crippen LogP contribution in [0, 0.1) is 13.8 Å². The average molecular weight is 441 g/mol. The Bertz CT molecular complexity index is 1010. The molecule has 10 nitrogen and oxygen atoms in total. The normalized spacial score (nSPS) is 17.3. The number of urea groups is 2. The van der Waals surface area contributed by atoms with E-state index in [0.717, 1.165) is 11.1 Å². The fourth-order valence-electron chi connectivity index (χ4n) is 3.69. The molecule has 1 heterocycles. The van der Waals surface area contributed by atoms with Crippen molar-refractivity contribution >= 4 is 29.3 Å². The van der Waals surface area contributed by atoms with Crippen molar-refractivity contribution in [2.45, 2.75) is 39.4 Å². The van der Waals surface area contributed by atoms with Crippen molar-refractivity contribution < 1.29 is 19.6 Å². The van der Waals surface area contributed by atoms with Crippen LogP contribution in [0.2, 0.25) is 0 Å². The van der Waals surface area contributed by atoms with Crippen LogP contribution in [-0.2, 0) is 4.79 Å². The molecule has 0 saturated carbocycles. The van der Waals surface area contributed by atoms with Crippen molar-refractivity contribution in [3.8, 4) is 0 Å². The molecular formula is C22H28N6O4. The van der Waals surface area contributed by atoms with Crippen LogP contribution >= 0.6 is 0 Å². The minimum atomic E-state index is -1.14. The number of anilines is 2. The predicted octanol–water partition coefficient (Wildman–Crippen LogP) is 2.56. The minimum absolute atomic E-state index is 0.339. The molecule has 5 N–H and O–H groups in total. The van der Waals surface area contributed by atoms with E-state index in [0.29, 0.717) is 16.4 Å². The average Bonchev–Trinajstić information content (AvgIpc) is 2.95. The molecule has 0 bridgehead atoms. The molecule has 10 heteroatoms. The van der Waals surface area contributed by atoms with Crippen molar-refractivity contribution in [3.63, 3.8) is 0 Å². The predicted molar refractivity (Wildman–Crippen MR) is 120 cm³/mol. The summed E-state index contributed by atoms with van der Waals surface area (Å²) < 4.78 is 0. The Morgan fingerprint density at radius 3 is 2.12 bits per heavy atom. The number of carbonyl (C=O) groups is 3. The smallest absolute Gasteiger partial charge is 0.306 e. The second-order valence-electron chi connectivity index (χ2n) is 8.31. The van der Waals surface area contributed by atoms with Crippen molar-refractivity contribution in [1.29, 1.82) is 0 Å². The van der Waals surface area contributed by atoms with Gasteiger partial charge in [0, 0.05) is 11.4 Å². The lowest BCUT2D eigenvalue weighted by atomic mass is 9.99. The van der Waals surface area contributed by atoms with Gasteiger partial charge in [-0.25, -0.2) is 15.4 Å². The number of amides is 5. The molecule has 0 aromatic heterocycles. The fraction of sp³-hybridized carbons (Fsp3) is 0.318. The van der Waals surface area contributed by atoms with Gasteiger partial charge in [-0.05, 0) is 52.0 Å². The summed E-state index contributed by atoms with van der Waals surface area (Å²) in [7, 11) is 0. The molecule has 1 fully saturated rings. The Hall–Kier alpha value is -3.63. The summed E-state index contributed by atoms with van der Waals surface area (Å²) in [6.45, 7) is 6.81. The van der Waals surface area contributed by atoms with Gasteiger partial charge in [-0.15, -0.1) is 0 Å². The van der Waals surface area contributed by atoms with Gasteiger partial charge < -0.3 is 10.2 Å². The first-order valence-corrected chi connectivity index (χ1v) is 10.1. The van der Waals surface area contributed by atoms with Gasteiger partial charge in [-0.1, -0.05) is 35.4 Å². The largest absolute Gasteiger partial charge is 0.347 e. The Morgan fingerprint density at radius 1 is 1.06 bits per heavy atom. The zero-order chi connectivity index (χ0) is 23.6. The van der Waals surface area contributed by atoms with E-state index in [1.54, 1.807) is 38.1 Å². The topological polar surface area (TPSA) is 131 Å². The van der Waals surface area contributed by atoms with Gasteiger partial charge in [0.25, 0.3) is 5.91 Å². The molecule has 1 saturated heterocycles. The molecule has 0 spiro atoms. The molecule has 170 valence electrons. The summed E-state index contributed by atoms with van der Waals surface area (Å²) in [4.78, 5) is 40.8. The van der Waals surface area contributed by atoms with Gasteiger partial charge in [0.15, 0.2) is 6.17 Å². The molecule has 2 aromatic rings. The lowest BCUT2D eigenvalue weighted by Gasteiger charge is -2.38. The lowest BCUT2D eigenvalue weighted by molar-refractivity contribution is -0.124. The number of nitrogens with two attached hydrogens (primary N) is 1. The highest BCUT2D eigenvalue weighted by molar-refractivity contribution is 5.99. The fourth-order valence-corrected chi connectivity index (χ4v) is 3.69. The summed E-state index contributed by atoms with van der Waals surface area (Å²) in [5, 5.41) is 14.1. The quantitative estimate of drug-likeness (QED) is 0.246. The van der Waals surface area contributed by atoms with Gasteiger partial charge in [0.1, 0.15) is 6.54 Å². The number of nitrogens with zero attached hydrogens (tertiary/aromatic N) is 3. The van der Waals surface area contributed by atoms with Gasteiger partial charge in [0.05, 0.1) is 5.54 Å². The van der Waals surface area contributed by atoms with Crippen molar-refractivity contribution in [1.82, 2.24) is 15.4 Å². The van der Waals surface area contributed by atoms with Crippen LogP contribution in [0.3, 0.4) is 0 Å². The van der Waals surface area contributed by atoms with E-state index < -0.39 is 29.7 Å². The molecule has 1 aliphatic heterocycles. The number of nitrogens with one attached hydrogen (secondary N) is 2. The maximum absolute atomic E-state index is 13.4. The maximum Gasteiger partial charge on any atom is 0.347 e. The van der Waals surface area contributed by atoms with Crippen LogP contribution in [0.4, 0.5) is 21.0 Å². The van der Waals surface area contributed by atoms with E-state index in [4.69, 9.17) is 5.84 Å². The van der Waals surface area contributed by atoms with Crippen molar-refractivity contribution in [2.75, 3.05) is 16.8 Å². The van der Waals surface area contributed by atoms with E-state index >= 15 is 0 Å². The van der Waals surface area contributed by atoms with Gasteiger partial charge in [0.2, 0.25) is 0 Å². The SMILES string of the molecule is Cc1ccc(NC(=O)N(O)C2N(c3ccc(C)cc3)C(=O)N(CC(=O)NN)C2(C)C)cc1. The van der Waals surface area contributed by atoms with Crippen LogP contribution in [0.5, 0.6) is 0 Å². The Balaban J connectivity index is 1.98. The number of hydrazine groups is 1. The molecule has 5 amide bonds. The highest BCUT2D eigenvalue weighted by atomic mass is 16.5. The first-order chi connectivity index (χ1) is 15.1. The van der Waals surface area contributed by atoms with Crippen molar-refractivity contribution in [3.05, 3.63) is 59.7 Å². The number of carbonyl (C=O) groups excluding carboxylic acids is 3. The van der Waals surface area contributed by atoms with E-state index in [1.165, 1.54) is 9.80 Å². The summed E-state index contributed by atoms with van der Waals surface area (Å²) in [5.74, 6) is 4.63. The molecule has 3 rings (SSSR count). The number of hydroxylamine groups is 2. The van der Waals surface area contributed by atoms with Crippen molar-refractivity contribution in [2.24, 2.45) is 5.84 Å². The highest BCUT2D eigenvalue weighted by Crippen LogP contribution is 2.37. The summed E-state index contributed by atoms with van der Waals surface area (Å²) in [6, 6.07) is 12.8. The summed E-state index contributed by atoms with van der Waals surface area (Å²) in [6.07, 6.45) is -1.13. The third-order valence-electron chi connectivity index (χ3n) is 5.53. The Kier molecular flexibility index (Phi) is 6.37. The van der Waals surface area contributed by atoms with E-state index in [9.17, 15) is 19.6 Å². The standard InChI is InChI=1S/C22H28N6O4/c1-14-5-9-16(10-6-14)24-20(30)28(32)19-22(3,4)26(13-18(29)25-23)21(31)27(19)17-11-7-15(2)8-12-17/h5-12,19,32H,13,23H2,1-4H3,(H,24,30)(H,25,29). The van der Waals surface area contributed by atoms with Gasteiger partial charge in [-0.2, -0.15) is 5.06 Å². The van der Waals surface area contributed by atoms with Crippen LogP contribution in [-0.4, -0.2) is 51.4 Å². The molecule has 1 unspecified atom stereocenters. The van der Waals surface area contributed by atoms with Crippen LogP contribution < -0.4 is 21.5 Å². The van der Waals surface area contributed by atoms with E-state index in [-0.39, 0.29) is 6.54 Å². The van der Waals surface area contributed by atoms with E-state index in [1.807, 2.05) is 43.5 Å². The Labute approximate surface area is 186 Å². The van der Waals surface area contributed by atoms with E-state index in [2.05, 4.69) is 5.32 Å².